The van der Waals surface area contributed by atoms with E-state index in [4.69, 9.17) is 9.31 Å². The van der Waals surface area contributed by atoms with Crippen molar-refractivity contribution in [1.29, 1.82) is 0 Å². The van der Waals surface area contributed by atoms with E-state index >= 15 is 0 Å². The third-order valence-corrected chi connectivity index (χ3v) is 5.90. The van der Waals surface area contributed by atoms with Crippen LogP contribution in [0.15, 0.2) is 30.3 Å². The van der Waals surface area contributed by atoms with Gasteiger partial charge in [0.25, 0.3) is 0 Å². The van der Waals surface area contributed by atoms with Crippen molar-refractivity contribution in [1.82, 2.24) is 0 Å². The quantitative estimate of drug-likeness (QED) is 0.699. The van der Waals surface area contributed by atoms with Gasteiger partial charge in [-0.25, -0.2) is 0 Å². The molecule has 3 heteroatoms. The van der Waals surface area contributed by atoms with E-state index in [-0.39, 0.29) is 18.3 Å². The largest absolute Gasteiger partial charge is 0.495 e. The second-order valence-electron chi connectivity index (χ2n) is 8.95. The van der Waals surface area contributed by atoms with Crippen LogP contribution < -0.4 is 5.46 Å². The zero-order valence-electron chi connectivity index (χ0n) is 16.9. The molecule has 0 unspecified atom stereocenters. The van der Waals surface area contributed by atoms with Gasteiger partial charge in [-0.15, -0.1) is 0 Å². The number of fused-ring (bicyclic) bond motifs is 1. The second-order valence-corrected chi connectivity index (χ2v) is 8.95. The van der Waals surface area contributed by atoms with Gasteiger partial charge in [0.05, 0.1) is 11.2 Å². The summed E-state index contributed by atoms with van der Waals surface area (Å²) >= 11 is 0. The summed E-state index contributed by atoms with van der Waals surface area (Å²) in [6.45, 7) is 17.4. The molecule has 0 aromatic heterocycles. The summed E-state index contributed by atoms with van der Waals surface area (Å²) in [5.41, 5.74) is 3.21. The molecule has 2 nitrogen and oxygen atoms in total. The Labute approximate surface area is 153 Å². The van der Waals surface area contributed by atoms with Crippen LogP contribution in [0, 0.1) is 0 Å². The monoisotopic (exact) mass is 338 g/mol. The summed E-state index contributed by atoms with van der Waals surface area (Å²) in [7, 11) is -0.325. The Morgan fingerprint density at radius 2 is 1.36 bits per heavy atom. The topological polar surface area (TPSA) is 18.5 Å². The van der Waals surface area contributed by atoms with E-state index in [0.717, 1.165) is 0 Å². The molecule has 0 aliphatic carbocycles. The number of benzene rings is 2. The fourth-order valence-electron chi connectivity index (χ4n) is 3.46. The van der Waals surface area contributed by atoms with Gasteiger partial charge in [-0.3, -0.25) is 0 Å². The third kappa shape index (κ3) is 3.13. The minimum absolute atomic E-state index is 0.325. The fourth-order valence-corrected chi connectivity index (χ4v) is 3.46. The van der Waals surface area contributed by atoms with Crippen molar-refractivity contribution in [2.45, 2.75) is 78.4 Å². The number of hydrogen-bond donors (Lipinski definition) is 0. The molecule has 0 amide bonds. The fraction of sp³-hybridized carbons (Fsp3) is 0.545. The number of hydrogen-bond acceptors (Lipinski definition) is 2. The van der Waals surface area contributed by atoms with Crippen LogP contribution in [0.1, 0.15) is 78.4 Å². The van der Waals surface area contributed by atoms with Crippen molar-refractivity contribution in [3.63, 3.8) is 0 Å². The van der Waals surface area contributed by atoms with Crippen LogP contribution in [0.2, 0.25) is 0 Å². The molecule has 2 aromatic rings. The predicted octanol–water partition coefficient (Wildman–Crippen LogP) is 5.39. The van der Waals surface area contributed by atoms with Crippen LogP contribution in [-0.4, -0.2) is 18.3 Å². The zero-order chi connectivity index (χ0) is 18.6. The van der Waals surface area contributed by atoms with E-state index in [1.54, 1.807) is 0 Å². The highest BCUT2D eigenvalue weighted by atomic mass is 16.7. The Morgan fingerprint density at radius 1 is 0.800 bits per heavy atom. The van der Waals surface area contributed by atoms with E-state index in [1.807, 2.05) is 0 Å². The molecule has 1 aliphatic heterocycles. The van der Waals surface area contributed by atoms with Gasteiger partial charge < -0.3 is 9.31 Å². The van der Waals surface area contributed by atoms with Crippen molar-refractivity contribution < 1.29 is 9.31 Å². The molecule has 25 heavy (non-hydrogen) atoms. The molecule has 1 fully saturated rings. The summed E-state index contributed by atoms with van der Waals surface area (Å²) in [6, 6.07) is 11.2. The summed E-state index contributed by atoms with van der Waals surface area (Å²) in [4.78, 5) is 0. The molecule has 0 saturated carbocycles. The molecule has 2 aromatic carbocycles. The zero-order valence-corrected chi connectivity index (χ0v) is 16.9. The second kappa shape index (κ2) is 6.14. The molecule has 3 rings (SSSR count). The van der Waals surface area contributed by atoms with Gasteiger partial charge in [-0.1, -0.05) is 58.0 Å². The molecular weight excluding hydrogens is 307 g/mol. The Balaban J connectivity index is 2.24. The SMILES string of the molecule is CC(C)c1ccc2ccc(C(C)C)c(B3OC(C)(C)C(C)(C)O3)c2c1. The van der Waals surface area contributed by atoms with Gasteiger partial charge in [0.1, 0.15) is 0 Å². The van der Waals surface area contributed by atoms with E-state index in [0.29, 0.717) is 11.8 Å². The first-order valence-corrected chi connectivity index (χ1v) is 9.45. The Bertz CT molecular complexity index is 769. The molecule has 0 N–H and O–H groups in total. The Kier molecular flexibility index (Phi) is 4.54. The van der Waals surface area contributed by atoms with Gasteiger partial charge in [-0.2, -0.15) is 0 Å². The van der Waals surface area contributed by atoms with Crippen molar-refractivity contribution in [2.24, 2.45) is 0 Å². The highest BCUT2D eigenvalue weighted by molar-refractivity contribution is 6.65. The van der Waals surface area contributed by atoms with Crippen molar-refractivity contribution in [3.8, 4) is 0 Å². The molecule has 1 saturated heterocycles. The molecule has 1 aliphatic rings. The lowest BCUT2D eigenvalue weighted by atomic mass is 9.70. The van der Waals surface area contributed by atoms with Gasteiger partial charge in [0.2, 0.25) is 0 Å². The first kappa shape index (κ1) is 18.5. The standard InChI is InChI=1S/C22H31BO2/c1-14(2)17-10-9-16-11-12-18(15(3)4)20(19(16)13-17)23-24-21(5,6)22(7,8)25-23/h9-15H,1-8H3. The highest BCUT2D eigenvalue weighted by Gasteiger charge is 2.52. The van der Waals surface area contributed by atoms with Crippen LogP contribution in [0.5, 0.6) is 0 Å². The van der Waals surface area contributed by atoms with E-state index < -0.39 is 0 Å². The maximum atomic E-state index is 6.43. The van der Waals surface area contributed by atoms with Gasteiger partial charge >= 0.3 is 7.12 Å². The Hall–Kier alpha value is -1.32. The average Bonchev–Trinajstić information content (AvgIpc) is 2.73. The van der Waals surface area contributed by atoms with Gasteiger partial charge in [0, 0.05) is 0 Å². The summed E-state index contributed by atoms with van der Waals surface area (Å²) in [5.74, 6) is 0.916. The number of rotatable bonds is 3. The minimum Gasteiger partial charge on any atom is -0.399 e. The molecule has 134 valence electrons. The van der Waals surface area contributed by atoms with Crippen LogP contribution in [0.25, 0.3) is 10.8 Å². The smallest absolute Gasteiger partial charge is 0.399 e. The normalized spacial score (nSPS) is 19.4. The maximum Gasteiger partial charge on any atom is 0.495 e. The van der Waals surface area contributed by atoms with E-state index in [1.165, 1.54) is 27.4 Å². The lowest BCUT2D eigenvalue weighted by molar-refractivity contribution is 0.00578. The van der Waals surface area contributed by atoms with Crippen molar-refractivity contribution in [3.05, 3.63) is 41.5 Å². The molecule has 0 radical (unpaired) electrons. The maximum absolute atomic E-state index is 6.43. The van der Waals surface area contributed by atoms with Crippen LogP contribution in [0.4, 0.5) is 0 Å². The van der Waals surface area contributed by atoms with Crippen molar-refractivity contribution in [2.75, 3.05) is 0 Å². The molecule has 1 heterocycles. The lowest BCUT2D eigenvalue weighted by Gasteiger charge is -2.32. The average molecular weight is 338 g/mol. The summed E-state index contributed by atoms with van der Waals surface area (Å²) in [6.07, 6.45) is 0. The lowest BCUT2D eigenvalue weighted by Crippen LogP contribution is -2.41. The van der Waals surface area contributed by atoms with Crippen LogP contribution in [0.3, 0.4) is 0 Å². The molecule has 0 bridgehead atoms. The molecule has 0 atom stereocenters. The van der Waals surface area contributed by atoms with Crippen LogP contribution >= 0.6 is 0 Å². The minimum atomic E-state index is -0.330. The highest BCUT2D eigenvalue weighted by Crippen LogP contribution is 2.38. The van der Waals surface area contributed by atoms with Crippen molar-refractivity contribution >= 4 is 23.4 Å². The van der Waals surface area contributed by atoms with Crippen LogP contribution in [-0.2, 0) is 9.31 Å². The molecule has 0 spiro atoms. The first-order chi connectivity index (χ1) is 11.5. The summed E-state index contributed by atoms with van der Waals surface area (Å²) in [5, 5.41) is 2.51. The van der Waals surface area contributed by atoms with Gasteiger partial charge in [0.15, 0.2) is 0 Å². The van der Waals surface area contributed by atoms with E-state index in [2.05, 4.69) is 85.7 Å². The first-order valence-electron chi connectivity index (χ1n) is 9.45. The van der Waals surface area contributed by atoms with Gasteiger partial charge in [-0.05, 0) is 66.9 Å². The molecular formula is C22H31BO2. The predicted molar refractivity (Wildman–Crippen MR) is 108 cm³/mol. The third-order valence-electron chi connectivity index (χ3n) is 5.90. The van der Waals surface area contributed by atoms with E-state index in [9.17, 15) is 0 Å². The summed E-state index contributed by atoms with van der Waals surface area (Å²) < 4.78 is 12.9. The Morgan fingerprint density at radius 3 is 1.88 bits per heavy atom.